The SMILES string of the molecule is COc1c2cc3ccccc3c1-c1c(OC)c(cc3ccccc13)B1O[C@H]3c4cc5c(cc4C(C)(C)[C@H]3O1)[C@@H]1OB(O[C@@H]1C5(C)C)c1cc3ccccc3c(c1OC)-c1c(OC)c(cc3ccccc13)B1O[C@H]3c4cc5c(cc4C(C)(C)[C@H]3O1)[C@@H]1OB2O[C@@H]1C5(C)C.c1ccccc1.c1ccccc1. The molecule has 4 fully saturated rings. The van der Waals surface area contributed by atoms with E-state index in [-0.39, 0.29) is 48.8 Å². The molecule has 0 aromatic heterocycles. The molecule has 4 saturated heterocycles. The number of ether oxygens (including phenoxy) is 4. The molecule has 17 heterocycles. The molecule has 0 radical (unpaired) electrons. The standard InChI is InChI=1S/C76H68B4O12.2C6H6/c1-73(2)49-33-46-50-34-45(49)61-69(73)89-77(85-61)53-29-37-21-13-17-25-41(37)57(65(53)81-9)58-42-26-18-14-23-39(42)31-55(67(58)83-11)79-87-63-47-35-52-48(36-51(47)75(5,6)71(63)91-79)64-72(76(52,7)8)92-80(88-64)56-32-40-24-16-20-28-44(40)60(68(56)84-12)59-43-27-19-15-22-38(43)30-54(66(59)82-10)78-86-62(46)70(90-78)74(50,3)4;2*1-2-4-6-5-3-1/h13-36,61-64,69-72H,1-12H3;2*1-6H/t61-,62-,63-,64-,69-,70-,71-,72-;;/m0../s1. The van der Waals surface area contributed by atoms with Gasteiger partial charge in [0.2, 0.25) is 0 Å². The molecule has 104 heavy (non-hydrogen) atoms. The highest BCUT2D eigenvalue weighted by Crippen LogP contribution is 2.62. The van der Waals surface area contributed by atoms with Crippen LogP contribution in [0.15, 0.2) is 218 Å². The molecule has 0 unspecified atom stereocenters. The Kier molecular flexibility index (Phi) is 15.2. The Hall–Kier alpha value is -9.18. The second-order valence-electron chi connectivity index (χ2n) is 31.4. The highest BCUT2D eigenvalue weighted by atomic mass is 16.7. The maximum atomic E-state index is 7.40. The molecule has 4 aliphatic carbocycles. The first-order valence-corrected chi connectivity index (χ1v) is 36.4. The van der Waals surface area contributed by atoms with Gasteiger partial charge in [-0.05, 0) is 87.6 Å². The molecule has 0 amide bonds. The molecule has 21 aliphatic rings. The van der Waals surface area contributed by atoms with E-state index in [0.717, 1.165) is 109 Å². The number of methoxy groups -OCH3 is 4. The number of fused-ring (bicyclic) bond motifs is 4. The molecule has 12 aromatic carbocycles. The van der Waals surface area contributed by atoms with Crippen LogP contribution in [0.2, 0.25) is 0 Å². The number of benzene rings is 12. The molecule has 28 bridgehead atoms. The van der Waals surface area contributed by atoms with Crippen LogP contribution in [-0.4, -0.2) is 81.3 Å². The zero-order valence-corrected chi connectivity index (χ0v) is 60.6. The van der Waals surface area contributed by atoms with Crippen LogP contribution in [0.3, 0.4) is 0 Å². The first kappa shape index (κ1) is 65.6. The first-order valence-electron chi connectivity index (χ1n) is 36.4. The van der Waals surface area contributed by atoms with Crippen LogP contribution in [0.4, 0.5) is 0 Å². The Balaban J connectivity index is 0.000000567. The van der Waals surface area contributed by atoms with E-state index in [1.54, 1.807) is 28.4 Å². The molecule has 33 rings (SSSR count). The van der Waals surface area contributed by atoms with Crippen molar-refractivity contribution in [2.24, 2.45) is 0 Å². The van der Waals surface area contributed by atoms with Crippen LogP contribution in [0.1, 0.15) is 124 Å². The van der Waals surface area contributed by atoms with Gasteiger partial charge < -0.3 is 56.2 Å². The predicted molar refractivity (Wildman–Crippen MR) is 414 cm³/mol. The summed E-state index contributed by atoms with van der Waals surface area (Å²) in [7, 11) is 3.84. The molecular weight excluding hydrogens is 1290 g/mol. The summed E-state index contributed by atoms with van der Waals surface area (Å²) in [6, 6.07) is 76.0. The molecule has 0 N–H and O–H groups in total. The fourth-order valence-corrected chi connectivity index (χ4v) is 19.3. The minimum Gasteiger partial charge on any atom is -0.496 e. The molecule has 516 valence electrons. The lowest BCUT2D eigenvalue weighted by Crippen LogP contribution is -2.39. The summed E-state index contributed by atoms with van der Waals surface area (Å²) < 4.78 is 86.1. The van der Waals surface area contributed by atoms with Gasteiger partial charge in [-0.2, -0.15) is 0 Å². The van der Waals surface area contributed by atoms with Gasteiger partial charge in [0.25, 0.3) is 0 Å². The van der Waals surface area contributed by atoms with Gasteiger partial charge in [-0.15, -0.1) is 0 Å². The van der Waals surface area contributed by atoms with Crippen molar-refractivity contribution in [2.75, 3.05) is 28.4 Å². The lowest BCUT2D eigenvalue weighted by Gasteiger charge is -2.29. The van der Waals surface area contributed by atoms with Crippen molar-refractivity contribution in [3.63, 3.8) is 0 Å². The lowest BCUT2D eigenvalue weighted by atomic mass is 9.72. The Labute approximate surface area is 608 Å². The largest absolute Gasteiger partial charge is 0.498 e. The van der Waals surface area contributed by atoms with Gasteiger partial charge in [0.05, 0.1) is 77.3 Å². The Bertz CT molecular complexity index is 4800. The van der Waals surface area contributed by atoms with Gasteiger partial charge in [-0.25, -0.2) is 0 Å². The lowest BCUT2D eigenvalue weighted by molar-refractivity contribution is 0.113. The van der Waals surface area contributed by atoms with Gasteiger partial charge >= 0.3 is 28.5 Å². The minimum absolute atomic E-state index is 0.334. The molecule has 17 aliphatic heterocycles. The van der Waals surface area contributed by atoms with E-state index in [9.17, 15) is 0 Å². The number of hydrogen-bond acceptors (Lipinski definition) is 12. The molecule has 0 spiro atoms. The van der Waals surface area contributed by atoms with E-state index in [2.05, 4.69) is 201 Å². The minimum atomic E-state index is -0.783. The molecular formula is C88H80B4O12. The van der Waals surface area contributed by atoms with Gasteiger partial charge in [-0.1, -0.05) is 274 Å². The zero-order chi connectivity index (χ0) is 71.0. The summed E-state index contributed by atoms with van der Waals surface area (Å²) in [6.07, 6.45) is -2.88. The third kappa shape index (κ3) is 9.51. The summed E-state index contributed by atoms with van der Waals surface area (Å²) in [5.74, 6) is 2.56. The normalized spacial score (nSPS) is 23.5. The second-order valence-corrected chi connectivity index (χ2v) is 31.4. The van der Waals surface area contributed by atoms with Crippen LogP contribution < -0.4 is 40.8 Å². The van der Waals surface area contributed by atoms with Crippen LogP contribution in [0.25, 0.3) is 65.3 Å². The van der Waals surface area contributed by atoms with Crippen LogP contribution in [0, 0.1) is 0 Å². The Morgan fingerprint density at radius 2 is 0.442 bits per heavy atom. The maximum absolute atomic E-state index is 7.40. The highest BCUT2D eigenvalue weighted by Gasteiger charge is 2.63. The van der Waals surface area contributed by atoms with Gasteiger partial charge in [0.15, 0.2) is 0 Å². The summed E-state index contributed by atoms with van der Waals surface area (Å²) in [6.45, 7) is 18.2. The summed E-state index contributed by atoms with van der Waals surface area (Å²) >= 11 is 0. The first-order chi connectivity index (χ1) is 50.4. The van der Waals surface area contributed by atoms with Crippen molar-refractivity contribution in [3.8, 4) is 45.3 Å². The van der Waals surface area contributed by atoms with Gasteiger partial charge in [0, 0.05) is 65.8 Å². The summed E-state index contributed by atoms with van der Waals surface area (Å²) in [5.41, 5.74) is 13.8. The second kappa shape index (κ2) is 24.2. The van der Waals surface area contributed by atoms with Crippen molar-refractivity contribution in [1.82, 2.24) is 0 Å². The molecule has 12 aromatic rings. The monoisotopic (exact) mass is 1370 g/mol. The van der Waals surface area contributed by atoms with Crippen molar-refractivity contribution < 1.29 is 56.2 Å². The molecule has 8 atom stereocenters. The molecule has 12 nitrogen and oxygen atoms in total. The van der Waals surface area contributed by atoms with E-state index in [1.165, 1.54) is 22.3 Å². The van der Waals surface area contributed by atoms with E-state index < -0.39 is 50.1 Å². The van der Waals surface area contributed by atoms with Crippen molar-refractivity contribution in [1.29, 1.82) is 0 Å². The third-order valence-electron chi connectivity index (χ3n) is 24.3. The number of rotatable bonds is 4. The maximum Gasteiger partial charge on any atom is 0.498 e. The smallest absolute Gasteiger partial charge is 0.496 e. The van der Waals surface area contributed by atoms with E-state index >= 15 is 0 Å². The molecule has 0 saturated carbocycles. The predicted octanol–water partition coefficient (Wildman–Crippen LogP) is 15.9. The van der Waals surface area contributed by atoms with E-state index in [1.807, 2.05) is 72.8 Å². The van der Waals surface area contributed by atoms with Crippen molar-refractivity contribution in [2.45, 2.75) is 126 Å². The van der Waals surface area contributed by atoms with Gasteiger partial charge in [-0.3, -0.25) is 0 Å². The van der Waals surface area contributed by atoms with Crippen molar-refractivity contribution >= 4 is 93.4 Å². The molecule has 16 heteroatoms. The average molecular weight is 1370 g/mol. The van der Waals surface area contributed by atoms with E-state index in [0.29, 0.717) is 23.0 Å². The topological polar surface area (TPSA) is 111 Å². The third-order valence-corrected chi connectivity index (χ3v) is 24.3. The fourth-order valence-electron chi connectivity index (χ4n) is 19.3. The summed E-state index contributed by atoms with van der Waals surface area (Å²) in [4.78, 5) is 0. The summed E-state index contributed by atoms with van der Waals surface area (Å²) in [5, 5.41) is 7.99. The van der Waals surface area contributed by atoms with Crippen LogP contribution >= 0.6 is 0 Å². The highest BCUT2D eigenvalue weighted by molar-refractivity contribution is 6.66. The fraction of sp³-hybridized carbons (Fsp3) is 0.273. The Morgan fingerprint density at radius 1 is 0.250 bits per heavy atom. The Morgan fingerprint density at radius 3 is 0.635 bits per heavy atom. The van der Waals surface area contributed by atoms with Crippen molar-refractivity contribution in [3.05, 3.63) is 263 Å². The zero-order valence-electron chi connectivity index (χ0n) is 60.6. The average Bonchev–Trinajstić information content (AvgIpc) is 1.53. The van der Waals surface area contributed by atoms with E-state index in [4.69, 9.17) is 56.2 Å². The van der Waals surface area contributed by atoms with Crippen LogP contribution in [-0.2, 0) is 58.9 Å². The number of hydrogen-bond donors (Lipinski definition) is 0. The quantitative estimate of drug-likeness (QED) is 0.156. The van der Waals surface area contributed by atoms with Gasteiger partial charge in [0.1, 0.15) is 23.0 Å². The van der Waals surface area contributed by atoms with Crippen LogP contribution in [0.5, 0.6) is 23.0 Å².